The molecule has 0 saturated heterocycles. The van der Waals surface area contributed by atoms with Crippen LogP contribution in [0.3, 0.4) is 0 Å². The van der Waals surface area contributed by atoms with Gasteiger partial charge in [0.05, 0.1) is 11.3 Å². The van der Waals surface area contributed by atoms with Gasteiger partial charge in [0.2, 0.25) is 0 Å². The second-order valence-corrected chi connectivity index (χ2v) is 9.17. The van der Waals surface area contributed by atoms with Crippen molar-refractivity contribution in [1.29, 1.82) is 0 Å². The highest BCUT2D eigenvalue weighted by atomic mass is 32.2. The summed E-state index contributed by atoms with van der Waals surface area (Å²) in [6, 6.07) is 15.7. The number of hydrogen-bond donors (Lipinski definition) is 2. The van der Waals surface area contributed by atoms with Crippen molar-refractivity contribution in [1.82, 2.24) is 5.16 Å². The SMILES string of the molecule is Cc1noc(C)c1CSc1ccccc1C(=O)Nc1ccc(NCC2CCCC2)cc1. The number of benzene rings is 2. The van der Waals surface area contributed by atoms with Crippen molar-refractivity contribution in [2.75, 3.05) is 17.2 Å². The van der Waals surface area contributed by atoms with E-state index in [0.717, 1.165) is 45.8 Å². The summed E-state index contributed by atoms with van der Waals surface area (Å²) in [6.07, 6.45) is 5.37. The van der Waals surface area contributed by atoms with Crippen LogP contribution in [0.5, 0.6) is 0 Å². The second kappa shape index (κ2) is 10.1. The van der Waals surface area contributed by atoms with Crippen LogP contribution in [0.15, 0.2) is 57.9 Å². The molecule has 1 aliphatic carbocycles. The van der Waals surface area contributed by atoms with E-state index in [9.17, 15) is 4.79 Å². The number of aromatic nitrogens is 1. The number of rotatable bonds is 8. The van der Waals surface area contributed by atoms with E-state index in [-0.39, 0.29) is 5.91 Å². The maximum atomic E-state index is 12.9. The van der Waals surface area contributed by atoms with Crippen LogP contribution >= 0.6 is 11.8 Å². The molecule has 0 bridgehead atoms. The van der Waals surface area contributed by atoms with Crippen molar-refractivity contribution in [2.45, 2.75) is 50.2 Å². The Bertz CT molecular complexity index is 1000. The third kappa shape index (κ3) is 5.50. The van der Waals surface area contributed by atoms with Crippen LogP contribution in [0.4, 0.5) is 11.4 Å². The number of carbonyl (C=O) groups is 1. The summed E-state index contributed by atoms with van der Waals surface area (Å²) in [4.78, 5) is 13.9. The van der Waals surface area contributed by atoms with E-state index in [1.54, 1.807) is 11.8 Å². The van der Waals surface area contributed by atoms with Gasteiger partial charge < -0.3 is 15.2 Å². The molecule has 0 radical (unpaired) electrons. The molecule has 1 fully saturated rings. The average molecular weight is 436 g/mol. The largest absolute Gasteiger partial charge is 0.385 e. The molecule has 1 saturated carbocycles. The minimum atomic E-state index is -0.103. The Kier molecular flexibility index (Phi) is 6.97. The predicted octanol–water partition coefficient (Wildman–Crippen LogP) is 6.44. The number of carbonyl (C=O) groups excluding carboxylic acids is 1. The highest BCUT2D eigenvalue weighted by molar-refractivity contribution is 7.98. The molecule has 31 heavy (non-hydrogen) atoms. The monoisotopic (exact) mass is 435 g/mol. The quantitative estimate of drug-likeness (QED) is 0.399. The van der Waals surface area contributed by atoms with Crippen molar-refractivity contribution in [3.8, 4) is 0 Å². The molecule has 0 spiro atoms. The van der Waals surface area contributed by atoms with Gasteiger partial charge in [-0.1, -0.05) is 30.1 Å². The van der Waals surface area contributed by atoms with Gasteiger partial charge in [0.15, 0.2) is 0 Å². The van der Waals surface area contributed by atoms with Gasteiger partial charge in [0.1, 0.15) is 5.76 Å². The van der Waals surface area contributed by atoms with E-state index in [0.29, 0.717) is 11.3 Å². The van der Waals surface area contributed by atoms with Gasteiger partial charge in [-0.2, -0.15) is 0 Å². The maximum absolute atomic E-state index is 12.9. The van der Waals surface area contributed by atoms with Crippen LogP contribution < -0.4 is 10.6 Å². The molecule has 1 heterocycles. The summed E-state index contributed by atoms with van der Waals surface area (Å²) < 4.78 is 5.25. The van der Waals surface area contributed by atoms with Gasteiger partial charge >= 0.3 is 0 Å². The third-order valence-corrected chi connectivity index (χ3v) is 7.00. The fourth-order valence-electron chi connectivity index (χ4n) is 3.98. The molecule has 1 aromatic heterocycles. The number of anilines is 2. The smallest absolute Gasteiger partial charge is 0.256 e. The van der Waals surface area contributed by atoms with Crippen molar-refractivity contribution >= 4 is 29.0 Å². The van der Waals surface area contributed by atoms with Crippen molar-refractivity contribution in [3.05, 3.63) is 71.1 Å². The standard InChI is InChI=1S/C25H29N3O2S/c1-17-23(18(2)30-28-17)16-31-24-10-6-5-9-22(24)25(29)27-21-13-11-20(12-14-21)26-15-19-7-3-4-8-19/h5-6,9-14,19,26H,3-4,7-8,15-16H2,1-2H3,(H,27,29). The van der Waals surface area contributed by atoms with E-state index in [1.807, 2.05) is 62.4 Å². The lowest BCUT2D eigenvalue weighted by Crippen LogP contribution is -2.13. The molecule has 0 unspecified atom stereocenters. The molecule has 5 nitrogen and oxygen atoms in total. The first-order valence-corrected chi connectivity index (χ1v) is 11.9. The summed E-state index contributed by atoms with van der Waals surface area (Å²) >= 11 is 1.62. The highest BCUT2D eigenvalue weighted by Crippen LogP contribution is 2.29. The topological polar surface area (TPSA) is 67.2 Å². The van der Waals surface area contributed by atoms with Gasteiger partial charge in [-0.15, -0.1) is 11.8 Å². The molecule has 0 aliphatic heterocycles. The average Bonchev–Trinajstić information content (AvgIpc) is 3.42. The van der Waals surface area contributed by atoms with E-state index >= 15 is 0 Å². The Balaban J connectivity index is 1.37. The minimum absolute atomic E-state index is 0.103. The lowest BCUT2D eigenvalue weighted by Gasteiger charge is -2.13. The minimum Gasteiger partial charge on any atom is -0.385 e. The molecule has 0 atom stereocenters. The fraction of sp³-hybridized carbons (Fsp3) is 0.360. The summed E-state index contributed by atoms with van der Waals surface area (Å²) in [7, 11) is 0. The molecule has 1 amide bonds. The summed E-state index contributed by atoms with van der Waals surface area (Å²) in [5.41, 5.74) is 4.54. The van der Waals surface area contributed by atoms with Crippen LogP contribution in [0.2, 0.25) is 0 Å². The zero-order chi connectivity index (χ0) is 21.6. The first-order chi connectivity index (χ1) is 15.1. The van der Waals surface area contributed by atoms with Gasteiger partial charge in [-0.25, -0.2) is 0 Å². The van der Waals surface area contributed by atoms with Crippen molar-refractivity contribution < 1.29 is 9.32 Å². The number of thioether (sulfide) groups is 1. The Labute approximate surface area is 188 Å². The molecule has 3 aromatic rings. The molecule has 4 rings (SSSR count). The Morgan fingerprint density at radius 1 is 1.06 bits per heavy atom. The zero-order valence-electron chi connectivity index (χ0n) is 18.1. The first-order valence-electron chi connectivity index (χ1n) is 10.9. The molecule has 2 aromatic carbocycles. The van der Waals surface area contributed by atoms with Crippen LogP contribution in [-0.4, -0.2) is 17.6 Å². The molecular formula is C25H29N3O2S. The number of nitrogens with one attached hydrogen (secondary N) is 2. The van der Waals surface area contributed by atoms with E-state index < -0.39 is 0 Å². The van der Waals surface area contributed by atoms with Gasteiger partial charge in [-0.05, 0) is 69.0 Å². The van der Waals surface area contributed by atoms with Crippen LogP contribution in [0.1, 0.15) is 53.1 Å². The number of hydrogen-bond acceptors (Lipinski definition) is 5. The summed E-state index contributed by atoms with van der Waals surface area (Å²) in [6.45, 7) is 4.89. The molecular weight excluding hydrogens is 406 g/mol. The summed E-state index contributed by atoms with van der Waals surface area (Å²) in [5.74, 6) is 2.23. The van der Waals surface area contributed by atoms with Crippen molar-refractivity contribution in [2.24, 2.45) is 5.92 Å². The van der Waals surface area contributed by atoms with Crippen LogP contribution in [0, 0.1) is 19.8 Å². The third-order valence-electron chi connectivity index (χ3n) is 5.90. The fourth-order valence-corrected chi connectivity index (χ4v) is 5.19. The Morgan fingerprint density at radius 2 is 1.77 bits per heavy atom. The van der Waals surface area contributed by atoms with Gasteiger partial charge in [-0.3, -0.25) is 4.79 Å². The Morgan fingerprint density at radius 3 is 2.48 bits per heavy atom. The van der Waals surface area contributed by atoms with E-state index in [1.165, 1.54) is 25.7 Å². The molecule has 1 aliphatic rings. The van der Waals surface area contributed by atoms with Crippen molar-refractivity contribution in [3.63, 3.8) is 0 Å². The lowest BCUT2D eigenvalue weighted by atomic mass is 10.1. The number of nitrogens with zero attached hydrogens (tertiary/aromatic N) is 1. The van der Waals surface area contributed by atoms with Crippen LogP contribution in [-0.2, 0) is 5.75 Å². The highest BCUT2D eigenvalue weighted by Gasteiger charge is 2.16. The second-order valence-electron chi connectivity index (χ2n) is 8.15. The molecule has 162 valence electrons. The number of aryl methyl sites for hydroxylation is 2. The summed E-state index contributed by atoms with van der Waals surface area (Å²) in [5, 5.41) is 10.6. The predicted molar refractivity (Wildman–Crippen MR) is 127 cm³/mol. The normalized spacial score (nSPS) is 14.0. The van der Waals surface area contributed by atoms with Crippen LogP contribution in [0.25, 0.3) is 0 Å². The lowest BCUT2D eigenvalue weighted by molar-refractivity contribution is 0.102. The number of amides is 1. The van der Waals surface area contributed by atoms with E-state index in [2.05, 4.69) is 15.8 Å². The Hall–Kier alpha value is -2.73. The maximum Gasteiger partial charge on any atom is 0.256 e. The van der Waals surface area contributed by atoms with Gasteiger partial charge in [0.25, 0.3) is 5.91 Å². The van der Waals surface area contributed by atoms with Gasteiger partial charge in [0, 0.05) is 34.1 Å². The van der Waals surface area contributed by atoms with E-state index in [4.69, 9.17) is 4.52 Å². The molecule has 2 N–H and O–H groups in total. The first kappa shape index (κ1) is 21.5. The zero-order valence-corrected chi connectivity index (χ0v) is 18.9. The molecule has 6 heteroatoms.